The van der Waals surface area contributed by atoms with Crippen LogP contribution >= 0.6 is 12.4 Å². The average molecular weight is 378 g/mol. The van der Waals surface area contributed by atoms with Crippen LogP contribution in [0.4, 0.5) is 5.69 Å². The molecule has 140 valence electrons. The molecule has 3 rings (SSSR count). The SMILES string of the molecule is Cl.Nc1ccc(CCNC(=O)C2CCCCN2C(=O)c2ccco2)cc1. The number of likely N-dealkylation sites (tertiary alicyclic amines) is 1. The number of anilines is 1. The average Bonchev–Trinajstić information content (AvgIpc) is 3.17. The summed E-state index contributed by atoms with van der Waals surface area (Å²) in [6.07, 6.45) is 4.73. The third kappa shape index (κ3) is 4.79. The third-order valence-corrected chi connectivity index (χ3v) is 4.49. The van der Waals surface area contributed by atoms with Crippen molar-refractivity contribution in [1.82, 2.24) is 10.2 Å². The van der Waals surface area contributed by atoms with Crippen molar-refractivity contribution < 1.29 is 14.0 Å². The minimum Gasteiger partial charge on any atom is -0.459 e. The molecule has 0 saturated carbocycles. The Morgan fingerprint density at radius 3 is 2.65 bits per heavy atom. The number of piperidine rings is 1. The molecule has 3 N–H and O–H groups in total. The van der Waals surface area contributed by atoms with Crippen LogP contribution in [-0.2, 0) is 11.2 Å². The van der Waals surface area contributed by atoms with E-state index in [0.717, 1.165) is 30.5 Å². The smallest absolute Gasteiger partial charge is 0.290 e. The van der Waals surface area contributed by atoms with E-state index in [-0.39, 0.29) is 30.0 Å². The lowest BCUT2D eigenvalue weighted by atomic mass is 10.0. The van der Waals surface area contributed by atoms with E-state index in [0.29, 0.717) is 19.5 Å². The Balaban J connectivity index is 0.00000243. The van der Waals surface area contributed by atoms with Crippen LogP contribution in [0.2, 0.25) is 0 Å². The van der Waals surface area contributed by atoms with Gasteiger partial charge in [0.25, 0.3) is 5.91 Å². The van der Waals surface area contributed by atoms with Crippen molar-refractivity contribution in [3.8, 4) is 0 Å². The number of carbonyl (C=O) groups is 2. The number of carbonyl (C=O) groups excluding carboxylic acids is 2. The summed E-state index contributed by atoms with van der Waals surface area (Å²) in [7, 11) is 0. The Bertz CT molecular complexity index is 716. The zero-order chi connectivity index (χ0) is 17.6. The first-order valence-electron chi connectivity index (χ1n) is 8.62. The van der Waals surface area contributed by atoms with Gasteiger partial charge in [-0.25, -0.2) is 0 Å². The molecule has 2 heterocycles. The highest BCUT2D eigenvalue weighted by Gasteiger charge is 2.33. The molecule has 6 nitrogen and oxygen atoms in total. The molecule has 0 aliphatic carbocycles. The number of rotatable bonds is 5. The Morgan fingerprint density at radius 1 is 1.19 bits per heavy atom. The van der Waals surface area contributed by atoms with Gasteiger partial charge in [-0.1, -0.05) is 12.1 Å². The van der Waals surface area contributed by atoms with Gasteiger partial charge in [-0.2, -0.15) is 0 Å². The Hall–Kier alpha value is -2.47. The fourth-order valence-electron chi connectivity index (χ4n) is 3.12. The summed E-state index contributed by atoms with van der Waals surface area (Å²) in [5, 5.41) is 2.95. The van der Waals surface area contributed by atoms with E-state index in [9.17, 15) is 9.59 Å². The fourth-order valence-corrected chi connectivity index (χ4v) is 3.12. The predicted octanol–water partition coefficient (Wildman–Crippen LogP) is 2.64. The van der Waals surface area contributed by atoms with Gasteiger partial charge in [0.15, 0.2) is 5.76 Å². The number of benzene rings is 1. The standard InChI is InChI=1S/C19H23N3O3.ClH/c20-15-8-6-14(7-9-15)10-11-21-18(23)16-4-1-2-12-22(16)19(24)17-5-3-13-25-17;/h3,5-9,13,16H,1-2,4,10-12,20H2,(H,21,23);1H. The van der Waals surface area contributed by atoms with Gasteiger partial charge in [0.1, 0.15) is 6.04 Å². The quantitative estimate of drug-likeness (QED) is 0.784. The zero-order valence-electron chi connectivity index (χ0n) is 14.5. The first-order valence-corrected chi connectivity index (χ1v) is 8.62. The van der Waals surface area contributed by atoms with E-state index >= 15 is 0 Å². The normalized spacial score (nSPS) is 16.6. The maximum Gasteiger partial charge on any atom is 0.290 e. The molecule has 0 bridgehead atoms. The molecule has 1 fully saturated rings. The maximum absolute atomic E-state index is 12.6. The number of halogens is 1. The van der Waals surface area contributed by atoms with Gasteiger partial charge in [-0.15, -0.1) is 12.4 Å². The van der Waals surface area contributed by atoms with Gasteiger partial charge in [0, 0.05) is 18.8 Å². The monoisotopic (exact) mass is 377 g/mol. The second kappa shape index (κ2) is 9.29. The summed E-state index contributed by atoms with van der Waals surface area (Å²) in [4.78, 5) is 26.7. The summed E-state index contributed by atoms with van der Waals surface area (Å²) >= 11 is 0. The van der Waals surface area contributed by atoms with Gasteiger partial charge in [0.05, 0.1) is 6.26 Å². The van der Waals surface area contributed by atoms with Gasteiger partial charge in [0.2, 0.25) is 5.91 Å². The molecular weight excluding hydrogens is 354 g/mol. The van der Waals surface area contributed by atoms with E-state index in [1.807, 2.05) is 24.3 Å². The van der Waals surface area contributed by atoms with Gasteiger partial charge < -0.3 is 20.4 Å². The lowest BCUT2D eigenvalue weighted by Gasteiger charge is -2.34. The second-order valence-electron chi connectivity index (χ2n) is 6.27. The fraction of sp³-hybridized carbons (Fsp3) is 0.368. The molecule has 0 spiro atoms. The molecule has 1 aromatic carbocycles. The van der Waals surface area contributed by atoms with Crippen molar-refractivity contribution in [3.63, 3.8) is 0 Å². The Labute approximate surface area is 159 Å². The lowest BCUT2D eigenvalue weighted by Crippen LogP contribution is -2.52. The lowest BCUT2D eigenvalue weighted by molar-refractivity contribution is -0.126. The number of hydrogen-bond donors (Lipinski definition) is 2. The molecule has 1 aliphatic heterocycles. The largest absolute Gasteiger partial charge is 0.459 e. The number of nitrogens with one attached hydrogen (secondary N) is 1. The Morgan fingerprint density at radius 2 is 1.96 bits per heavy atom. The molecular formula is C19H24ClN3O3. The molecule has 7 heteroatoms. The summed E-state index contributed by atoms with van der Waals surface area (Å²) in [6, 6.07) is 10.5. The number of nitrogens with zero attached hydrogens (tertiary/aromatic N) is 1. The van der Waals surface area contributed by atoms with Crippen molar-refractivity contribution in [2.24, 2.45) is 0 Å². The number of furan rings is 1. The first kappa shape index (κ1) is 19.8. The van der Waals surface area contributed by atoms with Crippen molar-refractivity contribution >= 4 is 29.9 Å². The summed E-state index contributed by atoms with van der Waals surface area (Å²) in [5.74, 6) is -0.0417. The molecule has 2 amide bonds. The molecule has 1 atom stereocenters. The molecule has 1 unspecified atom stereocenters. The molecule has 0 radical (unpaired) electrons. The molecule has 26 heavy (non-hydrogen) atoms. The van der Waals surface area contributed by atoms with Crippen LogP contribution in [0, 0.1) is 0 Å². The number of hydrogen-bond acceptors (Lipinski definition) is 4. The minimum absolute atomic E-state index is 0. The van der Waals surface area contributed by atoms with Crippen molar-refractivity contribution in [2.75, 3.05) is 18.8 Å². The summed E-state index contributed by atoms with van der Waals surface area (Å²) in [6.45, 7) is 1.11. The van der Waals surface area contributed by atoms with E-state index in [1.165, 1.54) is 6.26 Å². The minimum atomic E-state index is -0.433. The van der Waals surface area contributed by atoms with E-state index in [1.54, 1.807) is 17.0 Å². The first-order chi connectivity index (χ1) is 12.1. The van der Waals surface area contributed by atoms with Crippen LogP contribution < -0.4 is 11.1 Å². The number of nitrogen functional groups attached to an aromatic ring is 1. The van der Waals surface area contributed by atoms with E-state index in [2.05, 4.69) is 5.32 Å². The predicted molar refractivity (Wildman–Crippen MR) is 102 cm³/mol. The van der Waals surface area contributed by atoms with Gasteiger partial charge in [-0.05, 0) is 55.5 Å². The molecule has 1 aromatic heterocycles. The highest BCUT2D eigenvalue weighted by Crippen LogP contribution is 2.20. The zero-order valence-corrected chi connectivity index (χ0v) is 15.3. The summed E-state index contributed by atoms with van der Waals surface area (Å²) in [5.41, 5.74) is 7.51. The van der Waals surface area contributed by atoms with E-state index in [4.69, 9.17) is 10.2 Å². The highest BCUT2D eigenvalue weighted by atomic mass is 35.5. The summed E-state index contributed by atoms with van der Waals surface area (Å²) < 4.78 is 5.19. The third-order valence-electron chi connectivity index (χ3n) is 4.49. The number of amides is 2. The van der Waals surface area contributed by atoms with E-state index < -0.39 is 6.04 Å². The van der Waals surface area contributed by atoms with Crippen LogP contribution in [0.3, 0.4) is 0 Å². The number of nitrogens with two attached hydrogens (primary N) is 1. The molecule has 2 aromatic rings. The van der Waals surface area contributed by atoms with Crippen molar-refractivity contribution in [3.05, 3.63) is 54.0 Å². The van der Waals surface area contributed by atoms with Crippen molar-refractivity contribution in [1.29, 1.82) is 0 Å². The van der Waals surface area contributed by atoms with Crippen LogP contribution in [-0.4, -0.2) is 35.8 Å². The second-order valence-corrected chi connectivity index (χ2v) is 6.27. The molecule has 1 aliphatic rings. The van der Waals surface area contributed by atoms with Gasteiger partial charge >= 0.3 is 0 Å². The Kier molecular flexibility index (Phi) is 7.09. The van der Waals surface area contributed by atoms with Crippen molar-refractivity contribution in [2.45, 2.75) is 31.7 Å². The highest BCUT2D eigenvalue weighted by molar-refractivity contribution is 5.95. The van der Waals surface area contributed by atoms with Crippen LogP contribution in [0.5, 0.6) is 0 Å². The van der Waals surface area contributed by atoms with Gasteiger partial charge in [-0.3, -0.25) is 9.59 Å². The van der Waals surface area contributed by atoms with Crippen LogP contribution in [0.1, 0.15) is 35.4 Å². The topological polar surface area (TPSA) is 88.6 Å². The molecule has 1 saturated heterocycles. The van der Waals surface area contributed by atoms with Crippen LogP contribution in [0.25, 0.3) is 0 Å². The van der Waals surface area contributed by atoms with Crippen LogP contribution in [0.15, 0.2) is 47.1 Å². The maximum atomic E-state index is 12.6.